The van der Waals surface area contributed by atoms with E-state index in [2.05, 4.69) is 23.3 Å². The molecule has 0 saturated carbocycles. The Morgan fingerprint density at radius 2 is 1.86 bits per heavy atom. The van der Waals surface area contributed by atoms with Crippen molar-refractivity contribution in [3.05, 3.63) is 92.9 Å². The third kappa shape index (κ3) is 5.48. The van der Waals surface area contributed by atoms with E-state index in [0.717, 1.165) is 24.9 Å². The lowest BCUT2D eigenvalue weighted by Crippen LogP contribution is -2.55. The highest BCUT2D eigenvalue weighted by atomic mass is 32.1. The van der Waals surface area contributed by atoms with Crippen molar-refractivity contribution in [2.45, 2.75) is 45.2 Å². The molecule has 1 saturated heterocycles. The Hall–Kier alpha value is -3.03. The molecule has 0 radical (unpaired) electrons. The van der Waals surface area contributed by atoms with Crippen molar-refractivity contribution in [2.75, 3.05) is 32.7 Å². The van der Waals surface area contributed by atoms with Crippen LogP contribution in [0.15, 0.2) is 60.0 Å². The Bertz CT molecular complexity index is 1260. The first kappa shape index (κ1) is 25.6. The molecule has 2 aliphatic rings. The van der Waals surface area contributed by atoms with Crippen molar-refractivity contribution in [1.29, 1.82) is 0 Å². The summed E-state index contributed by atoms with van der Waals surface area (Å²) in [6.45, 7) is 7.20. The third-order valence-corrected chi connectivity index (χ3v) is 8.69. The molecular weight excluding hydrogens is 485 g/mol. The highest BCUT2D eigenvalue weighted by molar-refractivity contribution is 7.10. The Morgan fingerprint density at radius 1 is 1.05 bits per heavy atom. The first-order valence-electron chi connectivity index (χ1n) is 13.2. The van der Waals surface area contributed by atoms with Crippen LogP contribution in [-0.4, -0.2) is 65.3 Å². The van der Waals surface area contributed by atoms with E-state index >= 15 is 0 Å². The molecule has 0 spiro atoms. The minimum atomic E-state index is -0.237. The van der Waals surface area contributed by atoms with Crippen LogP contribution >= 0.6 is 11.3 Å². The van der Waals surface area contributed by atoms with Gasteiger partial charge >= 0.3 is 0 Å². The fourth-order valence-electron chi connectivity index (χ4n) is 5.61. The van der Waals surface area contributed by atoms with Crippen LogP contribution in [0.2, 0.25) is 0 Å². The maximum absolute atomic E-state index is 14.1. The van der Waals surface area contributed by atoms with E-state index in [-0.39, 0.29) is 29.7 Å². The first-order valence-corrected chi connectivity index (χ1v) is 14.1. The molecule has 3 aromatic rings. The predicted octanol–water partition coefficient (Wildman–Crippen LogP) is 5.16. The van der Waals surface area contributed by atoms with Crippen molar-refractivity contribution < 1.29 is 14.0 Å². The first-order chi connectivity index (χ1) is 17.9. The molecule has 2 atom stereocenters. The van der Waals surface area contributed by atoms with Gasteiger partial charge in [0, 0.05) is 55.6 Å². The van der Waals surface area contributed by atoms with Gasteiger partial charge in [0.2, 0.25) is 5.91 Å². The van der Waals surface area contributed by atoms with Crippen LogP contribution < -0.4 is 0 Å². The van der Waals surface area contributed by atoms with Crippen LogP contribution in [0.3, 0.4) is 0 Å². The minimum absolute atomic E-state index is 0.0278. The summed E-state index contributed by atoms with van der Waals surface area (Å²) in [5.41, 5.74) is 4.07. The Morgan fingerprint density at radius 3 is 2.59 bits per heavy atom. The number of halogens is 1. The molecule has 2 amide bonds. The molecule has 5 nitrogen and oxygen atoms in total. The molecule has 0 N–H and O–H groups in total. The lowest BCUT2D eigenvalue weighted by molar-refractivity contribution is -0.134. The van der Waals surface area contributed by atoms with E-state index < -0.39 is 0 Å². The van der Waals surface area contributed by atoms with Crippen LogP contribution in [0.25, 0.3) is 0 Å². The van der Waals surface area contributed by atoms with E-state index in [1.165, 1.54) is 22.1 Å². The van der Waals surface area contributed by atoms with Gasteiger partial charge in [-0.15, -0.1) is 11.3 Å². The number of rotatable bonds is 6. The lowest BCUT2D eigenvalue weighted by atomic mass is 9.93. The van der Waals surface area contributed by atoms with Gasteiger partial charge in [0.25, 0.3) is 5.91 Å². The Labute approximate surface area is 222 Å². The van der Waals surface area contributed by atoms with E-state index in [1.54, 1.807) is 23.5 Å². The molecule has 3 heterocycles. The van der Waals surface area contributed by atoms with Gasteiger partial charge in [-0.25, -0.2) is 4.39 Å². The number of carbonyl (C=O) groups is 2. The average molecular weight is 520 g/mol. The summed E-state index contributed by atoms with van der Waals surface area (Å²) in [7, 11) is 0. The second-order valence-electron chi connectivity index (χ2n) is 10.0. The number of nitrogens with zero attached hydrogens (tertiary/aromatic N) is 3. The van der Waals surface area contributed by atoms with Crippen molar-refractivity contribution in [1.82, 2.24) is 14.7 Å². The van der Waals surface area contributed by atoms with Gasteiger partial charge in [-0.05, 0) is 72.2 Å². The maximum atomic E-state index is 14.1. The monoisotopic (exact) mass is 519 g/mol. The Kier molecular flexibility index (Phi) is 7.72. The predicted molar refractivity (Wildman–Crippen MR) is 145 cm³/mol. The summed E-state index contributed by atoms with van der Waals surface area (Å²) >= 11 is 1.75. The fraction of sp³-hybridized carbons (Fsp3) is 0.400. The lowest BCUT2D eigenvalue weighted by Gasteiger charge is -2.41. The van der Waals surface area contributed by atoms with Crippen LogP contribution in [0.4, 0.5) is 4.39 Å². The van der Waals surface area contributed by atoms with Gasteiger partial charge in [0.15, 0.2) is 0 Å². The van der Waals surface area contributed by atoms with Crippen LogP contribution in [0.5, 0.6) is 0 Å². The maximum Gasteiger partial charge on any atom is 0.254 e. The second-order valence-corrected chi connectivity index (χ2v) is 11.0. The van der Waals surface area contributed by atoms with Crippen LogP contribution in [0.1, 0.15) is 58.2 Å². The zero-order chi connectivity index (χ0) is 25.9. The number of hydrogen-bond acceptors (Lipinski definition) is 4. The summed E-state index contributed by atoms with van der Waals surface area (Å²) in [6, 6.07) is 16.7. The van der Waals surface area contributed by atoms with Crippen molar-refractivity contribution >= 4 is 23.2 Å². The number of piperazine rings is 1. The molecule has 7 heteroatoms. The quantitative estimate of drug-likeness (QED) is 0.452. The van der Waals surface area contributed by atoms with E-state index in [0.29, 0.717) is 38.2 Å². The summed E-state index contributed by atoms with van der Waals surface area (Å²) in [6.07, 6.45) is 2.30. The topological polar surface area (TPSA) is 43.9 Å². The molecule has 2 aliphatic heterocycles. The molecule has 1 aromatic heterocycles. The molecule has 0 bridgehead atoms. The molecular formula is C30H34FN3O2S. The number of fused-ring (bicyclic) bond motifs is 1. The van der Waals surface area contributed by atoms with Gasteiger partial charge in [0.1, 0.15) is 5.82 Å². The van der Waals surface area contributed by atoms with Gasteiger partial charge in [0.05, 0.1) is 6.04 Å². The highest BCUT2D eigenvalue weighted by Gasteiger charge is 2.33. The number of aryl methyl sites for hydroxylation is 1. The number of carbonyl (C=O) groups excluding carboxylic acids is 2. The molecule has 37 heavy (non-hydrogen) atoms. The van der Waals surface area contributed by atoms with Gasteiger partial charge in [-0.2, -0.15) is 0 Å². The summed E-state index contributed by atoms with van der Waals surface area (Å²) in [5.74, 6) is -0.0981. The van der Waals surface area contributed by atoms with Crippen molar-refractivity contribution in [3.8, 4) is 0 Å². The molecule has 5 rings (SSSR count). The summed E-state index contributed by atoms with van der Waals surface area (Å²) in [5, 5.41) is 2.10. The normalized spacial score (nSPS) is 20.1. The highest BCUT2D eigenvalue weighted by Crippen LogP contribution is 2.38. The van der Waals surface area contributed by atoms with Gasteiger partial charge in [-0.3, -0.25) is 14.5 Å². The van der Waals surface area contributed by atoms with Crippen molar-refractivity contribution in [3.63, 3.8) is 0 Å². The van der Waals surface area contributed by atoms with Crippen molar-refractivity contribution in [2.24, 2.45) is 0 Å². The minimum Gasteiger partial charge on any atom is -0.339 e. The third-order valence-electron chi connectivity index (χ3n) is 7.69. The number of thiophene rings is 1. The van der Waals surface area contributed by atoms with E-state index in [4.69, 9.17) is 0 Å². The number of hydrogen-bond donors (Lipinski definition) is 0. The summed E-state index contributed by atoms with van der Waals surface area (Å²) < 4.78 is 14.1. The molecule has 0 unspecified atom stereocenters. The second kappa shape index (κ2) is 11.2. The number of benzene rings is 2. The molecule has 194 valence electrons. The zero-order valence-electron chi connectivity index (χ0n) is 21.5. The average Bonchev–Trinajstić information content (AvgIpc) is 3.40. The smallest absolute Gasteiger partial charge is 0.254 e. The van der Waals surface area contributed by atoms with Gasteiger partial charge in [-0.1, -0.05) is 31.2 Å². The van der Waals surface area contributed by atoms with Crippen LogP contribution in [-0.2, 0) is 17.6 Å². The molecule has 1 fully saturated rings. The SMILES string of the molecule is CCc1ccc(C(=O)N2CCN(C(=O)CCN3CCc4sccc4[C@H]3c3cccc(F)c3)C[C@@H]2C)cc1. The number of amides is 2. The largest absolute Gasteiger partial charge is 0.339 e. The summed E-state index contributed by atoms with van der Waals surface area (Å²) in [4.78, 5) is 33.7. The standard InChI is InChI=1S/C30H34FN3O2S/c1-3-22-7-9-23(10-8-22)30(36)34-17-16-33(20-21(34)2)28(35)12-15-32-14-11-27-26(13-18-37-27)29(32)24-5-4-6-25(31)19-24/h4-10,13,18-19,21,29H,3,11-12,14-17,20H2,1-2H3/t21-,29+/m0/s1. The molecule has 2 aromatic carbocycles. The fourth-order valence-corrected chi connectivity index (χ4v) is 6.51. The van der Waals surface area contributed by atoms with Crippen LogP contribution in [0, 0.1) is 5.82 Å². The van der Waals surface area contributed by atoms with Gasteiger partial charge < -0.3 is 9.80 Å². The Balaban J connectivity index is 1.21. The van der Waals surface area contributed by atoms with E-state index in [9.17, 15) is 14.0 Å². The molecule has 0 aliphatic carbocycles. The zero-order valence-corrected chi connectivity index (χ0v) is 22.3. The van der Waals surface area contributed by atoms with E-state index in [1.807, 2.05) is 47.1 Å².